The number of carbonyl (C=O) groups excluding carboxylic acids is 4. The van der Waals surface area contributed by atoms with Gasteiger partial charge in [-0.25, -0.2) is 9.48 Å². The second-order valence-corrected chi connectivity index (χ2v) is 11.2. The summed E-state index contributed by atoms with van der Waals surface area (Å²) in [6.07, 6.45) is 0.285. The Morgan fingerprint density at radius 2 is 1.60 bits per heavy atom. The minimum absolute atomic E-state index is 0.0528. The van der Waals surface area contributed by atoms with Crippen LogP contribution in [0, 0.1) is 5.92 Å². The zero-order valence-electron chi connectivity index (χ0n) is 24.5. The third-order valence-electron chi connectivity index (χ3n) is 7.89. The van der Waals surface area contributed by atoms with Crippen molar-refractivity contribution in [3.05, 3.63) is 42.1 Å². The van der Waals surface area contributed by atoms with Crippen LogP contribution in [0.3, 0.4) is 0 Å². The predicted octanol–water partition coefficient (Wildman–Crippen LogP) is -0.226. The number of carboxylic acids is 1. The highest BCUT2D eigenvalue weighted by atomic mass is 16.5. The number of hydrogen-bond donors (Lipinski definition) is 4. The molecule has 1 atom stereocenters. The predicted molar refractivity (Wildman–Crippen MR) is 155 cm³/mol. The van der Waals surface area contributed by atoms with Crippen LogP contribution in [0.5, 0.6) is 5.88 Å². The molecule has 3 aliphatic rings. The van der Waals surface area contributed by atoms with Gasteiger partial charge >= 0.3 is 12.1 Å². The summed E-state index contributed by atoms with van der Waals surface area (Å²) in [4.78, 5) is 78.2. The number of aromatic nitrogens is 2. The maximum absolute atomic E-state index is 13.3. The maximum Gasteiger partial charge on any atom is 0.407 e. The summed E-state index contributed by atoms with van der Waals surface area (Å²) < 4.78 is 7.13. The van der Waals surface area contributed by atoms with E-state index in [1.165, 1.54) is 25.4 Å². The molecule has 16 heteroatoms. The number of amides is 5. The summed E-state index contributed by atoms with van der Waals surface area (Å²) in [5, 5.41) is 28.3. The van der Waals surface area contributed by atoms with Crippen LogP contribution in [0.4, 0.5) is 4.79 Å². The van der Waals surface area contributed by atoms with Gasteiger partial charge in [-0.3, -0.25) is 24.0 Å². The van der Waals surface area contributed by atoms with Gasteiger partial charge < -0.3 is 40.3 Å². The monoisotopic (exact) mass is 625 g/mol. The number of carboxylic acid groups (broad SMARTS) is 2. The Bertz CT molecular complexity index is 1450. The van der Waals surface area contributed by atoms with Crippen molar-refractivity contribution in [2.75, 3.05) is 45.9 Å². The number of piperazine rings is 1. The molecule has 4 N–H and O–H groups in total. The van der Waals surface area contributed by atoms with Crippen molar-refractivity contribution in [3.8, 4) is 11.6 Å². The molecule has 5 amide bonds. The molecule has 3 fully saturated rings. The van der Waals surface area contributed by atoms with Crippen molar-refractivity contribution in [1.82, 2.24) is 35.1 Å². The second-order valence-electron chi connectivity index (χ2n) is 11.2. The standard InChI is InChI=1S/C29H35N7O9/c37-23(35-15-18(16-35)26(40)30-19-6-7-19)17-45-24-14-22(32-36(24)20-4-2-1-3-5-20)27(41)31-21(8-9-25(38)39)28(42)33-10-12-34(13-11-33)29(43)44/h1-5,14,18-19,21H,6-13,15-17H2,(H,30,40)(H,31,41)(H,38,39)(H,43,44)/t21-/m0/s1. The van der Waals surface area contributed by atoms with Gasteiger partial charge in [0.25, 0.3) is 11.8 Å². The van der Waals surface area contributed by atoms with Crippen LogP contribution in [-0.4, -0.2) is 128 Å². The molecule has 2 saturated heterocycles. The molecule has 16 nitrogen and oxygen atoms in total. The van der Waals surface area contributed by atoms with Gasteiger partial charge in [0.2, 0.25) is 17.7 Å². The van der Waals surface area contributed by atoms with Gasteiger partial charge in [0.1, 0.15) is 6.04 Å². The summed E-state index contributed by atoms with van der Waals surface area (Å²) in [6, 6.07) is 9.10. The van der Waals surface area contributed by atoms with E-state index in [1.54, 1.807) is 30.3 Å². The van der Waals surface area contributed by atoms with E-state index < -0.39 is 29.9 Å². The molecule has 1 aromatic carbocycles. The molecular formula is C29H35N7O9. The maximum atomic E-state index is 13.3. The molecular weight excluding hydrogens is 590 g/mol. The van der Waals surface area contributed by atoms with Crippen LogP contribution in [0.1, 0.15) is 36.2 Å². The van der Waals surface area contributed by atoms with Gasteiger partial charge in [0.05, 0.1) is 11.6 Å². The zero-order chi connectivity index (χ0) is 32.1. The SMILES string of the molecule is O=C(O)CC[C@H](NC(=O)c1cc(OCC(=O)N2CC(C(=O)NC3CC3)C2)n(-c2ccccc2)n1)C(=O)N1CCN(C(=O)O)CC1. The third kappa shape index (κ3) is 7.87. The van der Waals surface area contributed by atoms with Crippen molar-refractivity contribution < 1.29 is 43.7 Å². The first-order valence-corrected chi connectivity index (χ1v) is 14.7. The largest absolute Gasteiger partial charge is 0.481 e. The fraction of sp³-hybridized carbons (Fsp3) is 0.483. The molecule has 2 aliphatic heterocycles. The number of ether oxygens (including phenoxy) is 1. The Hall–Kier alpha value is -5.15. The number of benzene rings is 1. The van der Waals surface area contributed by atoms with Gasteiger partial charge in [-0.2, -0.15) is 5.10 Å². The van der Waals surface area contributed by atoms with Gasteiger partial charge in [-0.15, -0.1) is 0 Å². The first kappa shape index (κ1) is 31.3. The van der Waals surface area contributed by atoms with Crippen molar-refractivity contribution in [1.29, 1.82) is 0 Å². The summed E-state index contributed by atoms with van der Waals surface area (Å²) in [6.45, 7) is 0.608. The lowest BCUT2D eigenvalue weighted by molar-refractivity contribution is -0.145. The minimum Gasteiger partial charge on any atom is -0.481 e. The van der Waals surface area contributed by atoms with Crippen LogP contribution in [0.15, 0.2) is 36.4 Å². The van der Waals surface area contributed by atoms with Crippen LogP contribution in [0.25, 0.3) is 5.69 Å². The lowest BCUT2D eigenvalue weighted by atomic mass is 9.99. The minimum atomic E-state index is -1.20. The van der Waals surface area contributed by atoms with E-state index in [9.17, 15) is 39.0 Å². The molecule has 0 spiro atoms. The smallest absolute Gasteiger partial charge is 0.407 e. The van der Waals surface area contributed by atoms with Gasteiger partial charge in [0.15, 0.2) is 12.3 Å². The summed E-state index contributed by atoms with van der Waals surface area (Å²) in [5.74, 6) is -3.00. The Balaban J connectivity index is 1.25. The van der Waals surface area contributed by atoms with E-state index in [0.717, 1.165) is 12.8 Å². The van der Waals surface area contributed by atoms with Gasteiger partial charge in [0, 0.05) is 57.8 Å². The van der Waals surface area contributed by atoms with E-state index in [1.807, 2.05) is 0 Å². The molecule has 3 heterocycles. The van der Waals surface area contributed by atoms with Gasteiger partial charge in [-0.1, -0.05) is 18.2 Å². The molecule has 1 aliphatic carbocycles. The average Bonchev–Trinajstić information content (AvgIpc) is 3.71. The molecule has 0 unspecified atom stereocenters. The fourth-order valence-electron chi connectivity index (χ4n) is 5.05. The van der Waals surface area contributed by atoms with Crippen LogP contribution in [-0.2, 0) is 19.2 Å². The quantitative estimate of drug-likeness (QED) is 0.244. The van der Waals surface area contributed by atoms with Crippen LogP contribution >= 0.6 is 0 Å². The Labute approximate surface area is 257 Å². The topological polar surface area (TPSA) is 204 Å². The molecule has 0 bridgehead atoms. The fourth-order valence-corrected chi connectivity index (χ4v) is 5.05. The summed E-state index contributed by atoms with van der Waals surface area (Å²) in [7, 11) is 0. The van der Waals surface area contributed by atoms with Crippen molar-refractivity contribution in [2.24, 2.45) is 5.92 Å². The highest BCUT2D eigenvalue weighted by Crippen LogP contribution is 2.23. The average molecular weight is 626 g/mol. The molecule has 1 aromatic heterocycles. The molecule has 5 rings (SSSR count). The van der Waals surface area contributed by atoms with Gasteiger partial charge in [-0.05, 0) is 31.4 Å². The van der Waals surface area contributed by atoms with Crippen LogP contribution < -0.4 is 15.4 Å². The summed E-state index contributed by atoms with van der Waals surface area (Å²) in [5.41, 5.74) is 0.403. The molecule has 0 radical (unpaired) electrons. The number of hydrogen-bond acceptors (Lipinski definition) is 8. The Kier molecular flexibility index (Phi) is 9.49. The van der Waals surface area contributed by atoms with Crippen molar-refractivity contribution in [3.63, 3.8) is 0 Å². The number of nitrogens with one attached hydrogen (secondary N) is 2. The number of aliphatic carboxylic acids is 1. The van der Waals surface area contributed by atoms with E-state index >= 15 is 0 Å². The third-order valence-corrected chi connectivity index (χ3v) is 7.89. The highest BCUT2D eigenvalue weighted by molar-refractivity contribution is 5.96. The van der Waals surface area contributed by atoms with E-state index in [2.05, 4.69) is 15.7 Å². The Morgan fingerprint density at radius 3 is 2.22 bits per heavy atom. The number of rotatable bonds is 12. The molecule has 240 valence electrons. The van der Waals surface area contributed by atoms with E-state index in [0.29, 0.717) is 18.8 Å². The summed E-state index contributed by atoms with van der Waals surface area (Å²) >= 11 is 0. The first-order valence-electron chi connectivity index (χ1n) is 14.7. The normalized spacial score (nSPS) is 17.2. The zero-order valence-corrected chi connectivity index (χ0v) is 24.5. The number of nitrogens with zero attached hydrogens (tertiary/aromatic N) is 5. The second kappa shape index (κ2) is 13.7. The lowest BCUT2D eigenvalue weighted by Crippen LogP contribution is -2.57. The molecule has 45 heavy (non-hydrogen) atoms. The molecule has 2 aromatic rings. The van der Waals surface area contributed by atoms with E-state index in [-0.39, 0.29) is 81.0 Å². The molecule has 1 saturated carbocycles. The van der Waals surface area contributed by atoms with Crippen molar-refractivity contribution >= 4 is 35.7 Å². The lowest BCUT2D eigenvalue weighted by Gasteiger charge is -2.38. The highest BCUT2D eigenvalue weighted by Gasteiger charge is 2.38. The van der Waals surface area contributed by atoms with Crippen molar-refractivity contribution in [2.45, 2.75) is 37.8 Å². The first-order chi connectivity index (χ1) is 21.6. The van der Waals surface area contributed by atoms with E-state index in [4.69, 9.17) is 4.74 Å². The number of carbonyl (C=O) groups is 6. The van der Waals surface area contributed by atoms with Crippen LogP contribution in [0.2, 0.25) is 0 Å². The number of para-hydroxylation sites is 1. The number of likely N-dealkylation sites (tertiary alicyclic amines) is 1. The Morgan fingerprint density at radius 1 is 0.933 bits per heavy atom.